The molecule has 0 atom stereocenters. The van der Waals surface area contributed by atoms with Crippen LogP contribution in [0.15, 0.2) is 60.2 Å². The fourth-order valence-corrected chi connectivity index (χ4v) is 4.08. The topological polar surface area (TPSA) is 64.1 Å². The van der Waals surface area contributed by atoms with Crippen LogP contribution in [0.5, 0.6) is 0 Å². The number of hydrogen-bond acceptors (Lipinski definition) is 6. The summed E-state index contributed by atoms with van der Waals surface area (Å²) in [6.45, 7) is 4.58. The van der Waals surface area contributed by atoms with Crippen LogP contribution >= 0.6 is 11.3 Å². The first-order valence-corrected chi connectivity index (χ1v) is 10.9. The van der Waals surface area contributed by atoms with E-state index in [1.54, 1.807) is 29.8 Å². The molecule has 0 aliphatic rings. The molecule has 0 spiro atoms. The van der Waals surface area contributed by atoms with Crippen LogP contribution in [-0.4, -0.2) is 22.5 Å². The third-order valence-electron chi connectivity index (χ3n) is 4.82. The number of esters is 1. The number of unbranched alkanes of at least 4 members (excludes halogenated alkanes) is 1. The van der Waals surface area contributed by atoms with E-state index in [1.807, 2.05) is 12.1 Å². The number of ether oxygens (including phenoxy) is 1. The van der Waals surface area contributed by atoms with E-state index in [0.717, 1.165) is 39.9 Å². The zero-order valence-electron chi connectivity index (χ0n) is 17.0. The molecule has 5 nitrogen and oxygen atoms in total. The predicted molar refractivity (Wildman–Crippen MR) is 123 cm³/mol. The summed E-state index contributed by atoms with van der Waals surface area (Å²) in [5.41, 5.74) is 4.73. The van der Waals surface area contributed by atoms with Crippen molar-refractivity contribution in [1.82, 2.24) is 9.97 Å². The Bertz CT molecular complexity index is 1170. The predicted octanol–water partition coefficient (Wildman–Crippen LogP) is 6.37. The van der Waals surface area contributed by atoms with Crippen molar-refractivity contribution in [3.8, 4) is 11.1 Å². The van der Waals surface area contributed by atoms with Crippen molar-refractivity contribution in [2.24, 2.45) is 0 Å². The van der Waals surface area contributed by atoms with Gasteiger partial charge in [0.1, 0.15) is 17.0 Å². The number of aryl methyl sites for hydroxylation is 1. The number of nitrogens with one attached hydrogen (secondary N) is 1. The van der Waals surface area contributed by atoms with Gasteiger partial charge in [-0.25, -0.2) is 14.8 Å². The smallest absolute Gasteiger partial charge is 0.338 e. The lowest BCUT2D eigenvalue weighted by Crippen LogP contribution is -2.06. The van der Waals surface area contributed by atoms with E-state index in [2.05, 4.69) is 58.8 Å². The van der Waals surface area contributed by atoms with Crippen molar-refractivity contribution in [2.45, 2.75) is 26.7 Å². The number of carbonyl (C=O) groups excluding carboxylic acids is 1. The fraction of sp³-hybridized carbons (Fsp3) is 0.208. The van der Waals surface area contributed by atoms with Gasteiger partial charge in [-0.15, -0.1) is 11.3 Å². The summed E-state index contributed by atoms with van der Waals surface area (Å²) in [5, 5.41) is 6.45. The molecule has 2 aromatic heterocycles. The molecule has 4 aromatic rings. The minimum Gasteiger partial charge on any atom is -0.462 e. The van der Waals surface area contributed by atoms with Gasteiger partial charge in [0, 0.05) is 16.6 Å². The Balaban J connectivity index is 1.65. The van der Waals surface area contributed by atoms with E-state index in [9.17, 15) is 4.79 Å². The fourth-order valence-electron chi connectivity index (χ4n) is 3.17. The zero-order valence-corrected chi connectivity index (χ0v) is 17.8. The average molecular weight is 418 g/mol. The van der Waals surface area contributed by atoms with E-state index < -0.39 is 0 Å². The molecule has 4 rings (SSSR count). The van der Waals surface area contributed by atoms with Crippen molar-refractivity contribution >= 4 is 39.0 Å². The van der Waals surface area contributed by atoms with Gasteiger partial charge in [-0.05, 0) is 37.1 Å². The number of benzene rings is 2. The largest absolute Gasteiger partial charge is 0.462 e. The number of nitrogens with zero attached hydrogens (tertiary/aromatic N) is 2. The van der Waals surface area contributed by atoms with E-state index >= 15 is 0 Å². The highest BCUT2D eigenvalue weighted by molar-refractivity contribution is 7.17. The number of fused-ring (bicyclic) bond motifs is 1. The van der Waals surface area contributed by atoms with Gasteiger partial charge in [0.15, 0.2) is 0 Å². The minimum absolute atomic E-state index is 0.309. The van der Waals surface area contributed by atoms with Crippen LogP contribution in [-0.2, 0) is 4.74 Å². The second kappa shape index (κ2) is 9.05. The molecular weight excluding hydrogens is 394 g/mol. The summed E-state index contributed by atoms with van der Waals surface area (Å²) < 4.78 is 5.33. The van der Waals surface area contributed by atoms with Crippen LogP contribution in [0.3, 0.4) is 0 Å². The van der Waals surface area contributed by atoms with E-state index in [1.165, 1.54) is 5.56 Å². The molecule has 0 saturated heterocycles. The molecule has 1 N–H and O–H groups in total. The Morgan fingerprint density at radius 3 is 2.77 bits per heavy atom. The van der Waals surface area contributed by atoms with Crippen LogP contribution in [0.2, 0.25) is 0 Å². The van der Waals surface area contributed by atoms with E-state index in [0.29, 0.717) is 18.0 Å². The van der Waals surface area contributed by atoms with Crippen LogP contribution in [0.1, 0.15) is 35.7 Å². The highest BCUT2D eigenvalue weighted by Gasteiger charge is 2.14. The lowest BCUT2D eigenvalue weighted by atomic mass is 10.0. The molecule has 0 saturated carbocycles. The number of thiophene rings is 1. The van der Waals surface area contributed by atoms with Gasteiger partial charge in [-0.2, -0.15) is 0 Å². The summed E-state index contributed by atoms with van der Waals surface area (Å²) in [6.07, 6.45) is 3.41. The molecule has 2 heterocycles. The molecule has 0 aliphatic carbocycles. The third-order valence-corrected chi connectivity index (χ3v) is 5.71. The molecule has 0 fully saturated rings. The first-order valence-electron chi connectivity index (χ1n) is 9.99. The van der Waals surface area contributed by atoms with Crippen molar-refractivity contribution in [3.63, 3.8) is 0 Å². The highest BCUT2D eigenvalue weighted by Crippen LogP contribution is 2.37. The summed E-state index contributed by atoms with van der Waals surface area (Å²) in [4.78, 5) is 22.1. The van der Waals surface area contributed by atoms with Gasteiger partial charge >= 0.3 is 5.97 Å². The maximum Gasteiger partial charge on any atom is 0.338 e. The number of carbonyl (C=O) groups is 1. The minimum atomic E-state index is -0.309. The maximum atomic E-state index is 12.3. The summed E-state index contributed by atoms with van der Waals surface area (Å²) >= 11 is 1.59. The summed E-state index contributed by atoms with van der Waals surface area (Å²) in [6, 6.07) is 15.7. The Kier molecular flexibility index (Phi) is 6.05. The van der Waals surface area contributed by atoms with Crippen LogP contribution in [0.25, 0.3) is 21.3 Å². The van der Waals surface area contributed by atoms with E-state index in [-0.39, 0.29) is 5.97 Å². The van der Waals surface area contributed by atoms with Crippen LogP contribution in [0.4, 0.5) is 11.5 Å². The molecular formula is C24H23N3O2S. The number of aromatic nitrogens is 2. The van der Waals surface area contributed by atoms with Gasteiger partial charge in [0.2, 0.25) is 0 Å². The monoisotopic (exact) mass is 417 g/mol. The first-order chi connectivity index (χ1) is 14.7. The molecule has 2 aromatic carbocycles. The van der Waals surface area contributed by atoms with E-state index in [4.69, 9.17) is 4.74 Å². The summed E-state index contributed by atoms with van der Waals surface area (Å²) in [7, 11) is 0. The number of hydrogen-bond donors (Lipinski definition) is 1. The molecule has 0 unspecified atom stereocenters. The first kappa shape index (κ1) is 20.0. The van der Waals surface area contributed by atoms with Crippen LogP contribution in [0, 0.1) is 6.92 Å². The maximum absolute atomic E-state index is 12.3. The lowest BCUT2D eigenvalue weighted by Gasteiger charge is -2.10. The molecule has 30 heavy (non-hydrogen) atoms. The molecule has 0 bridgehead atoms. The number of rotatable bonds is 7. The highest BCUT2D eigenvalue weighted by atomic mass is 32.1. The molecule has 0 radical (unpaired) electrons. The molecule has 6 heteroatoms. The molecule has 0 aliphatic heterocycles. The van der Waals surface area contributed by atoms with Crippen LogP contribution < -0.4 is 5.32 Å². The second-order valence-corrected chi connectivity index (χ2v) is 7.97. The third kappa shape index (κ3) is 4.33. The molecule has 152 valence electrons. The quantitative estimate of drug-likeness (QED) is 0.280. The summed E-state index contributed by atoms with van der Waals surface area (Å²) in [5.74, 6) is 0.407. The Morgan fingerprint density at radius 1 is 1.13 bits per heavy atom. The lowest BCUT2D eigenvalue weighted by molar-refractivity contribution is 0.0500. The Morgan fingerprint density at radius 2 is 1.97 bits per heavy atom. The Hall–Kier alpha value is -3.25. The van der Waals surface area contributed by atoms with Gasteiger partial charge in [-0.3, -0.25) is 0 Å². The van der Waals surface area contributed by atoms with Gasteiger partial charge in [-0.1, -0.05) is 49.2 Å². The van der Waals surface area contributed by atoms with Gasteiger partial charge in [0.05, 0.1) is 17.6 Å². The number of anilines is 2. The van der Waals surface area contributed by atoms with Crippen molar-refractivity contribution in [1.29, 1.82) is 0 Å². The van der Waals surface area contributed by atoms with Crippen molar-refractivity contribution in [3.05, 3.63) is 71.4 Å². The molecule has 0 amide bonds. The van der Waals surface area contributed by atoms with Gasteiger partial charge in [0.25, 0.3) is 0 Å². The van der Waals surface area contributed by atoms with Crippen molar-refractivity contribution in [2.75, 3.05) is 11.9 Å². The second-order valence-electron chi connectivity index (χ2n) is 7.11. The van der Waals surface area contributed by atoms with Gasteiger partial charge < -0.3 is 10.1 Å². The zero-order chi connectivity index (χ0) is 20.9. The van der Waals surface area contributed by atoms with Crippen molar-refractivity contribution < 1.29 is 9.53 Å². The Labute approximate surface area is 179 Å². The normalized spacial score (nSPS) is 10.9. The average Bonchev–Trinajstić information content (AvgIpc) is 3.20. The standard InChI is InChI=1S/C24H23N3O2S/c1-3-4-12-29-24(28)18-6-5-7-19(13-18)27-22-21-20(14-30-23(21)26-15-25-22)17-10-8-16(2)9-11-17/h5-11,13-15H,3-4,12H2,1-2H3,(H,25,26,27). The SMILES string of the molecule is CCCCOC(=O)c1cccc(Nc2ncnc3scc(-c4ccc(C)cc4)c23)c1.